The van der Waals surface area contributed by atoms with E-state index < -0.39 is 6.10 Å². The molecule has 1 aromatic heterocycles. The second-order valence-corrected chi connectivity index (χ2v) is 5.25. The van der Waals surface area contributed by atoms with Gasteiger partial charge in [-0.25, -0.2) is 9.97 Å². The van der Waals surface area contributed by atoms with Gasteiger partial charge in [-0.15, -0.1) is 0 Å². The van der Waals surface area contributed by atoms with E-state index in [0.29, 0.717) is 11.6 Å². The molecule has 0 amide bonds. The number of aliphatic hydroxyl groups excluding tert-OH is 1. The normalized spacial score (nSPS) is 16.0. The Labute approximate surface area is 124 Å². The van der Waals surface area contributed by atoms with Crippen molar-refractivity contribution in [1.82, 2.24) is 9.97 Å². The minimum Gasteiger partial charge on any atom is -0.454 e. The lowest BCUT2D eigenvalue weighted by molar-refractivity contribution is 0.188. The summed E-state index contributed by atoms with van der Waals surface area (Å²) in [5.74, 6) is 1.74. The SMILES string of the molecule is CC(O)c1ncc(Oc2cccc(N3CCCC3)c2)cn1. The average Bonchev–Trinajstić information content (AvgIpc) is 3.02. The Hall–Kier alpha value is -2.14. The Bertz CT molecular complexity index is 593. The van der Waals surface area contributed by atoms with Crippen LogP contribution in [0.4, 0.5) is 5.69 Å². The number of benzene rings is 1. The number of anilines is 1. The van der Waals surface area contributed by atoms with Crippen molar-refractivity contribution in [2.75, 3.05) is 18.0 Å². The summed E-state index contributed by atoms with van der Waals surface area (Å²) >= 11 is 0. The molecule has 2 aromatic rings. The molecule has 21 heavy (non-hydrogen) atoms. The zero-order valence-corrected chi connectivity index (χ0v) is 12.1. The molecule has 1 atom stereocenters. The van der Waals surface area contributed by atoms with Crippen LogP contribution < -0.4 is 9.64 Å². The van der Waals surface area contributed by atoms with Crippen molar-refractivity contribution in [3.63, 3.8) is 0 Å². The summed E-state index contributed by atoms with van der Waals surface area (Å²) in [4.78, 5) is 10.5. The van der Waals surface area contributed by atoms with Crippen LogP contribution in [0.25, 0.3) is 0 Å². The highest BCUT2D eigenvalue weighted by atomic mass is 16.5. The molecule has 0 bridgehead atoms. The van der Waals surface area contributed by atoms with Gasteiger partial charge in [0.15, 0.2) is 11.6 Å². The quantitative estimate of drug-likeness (QED) is 0.936. The summed E-state index contributed by atoms with van der Waals surface area (Å²) in [7, 11) is 0. The number of ether oxygens (including phenoxy) is 1. The van der Waals surface area contributed by atoms with Crippen LogP contribution in [0.15, 0.2) is 36.7 Å². The topological polar surface area (TPSA) is 58.5 Å². The minimum atomic E-state index is -0.669. The molecule has 0 spiro atoms. The molecule has 1 fully saturated rings. The van der Waals surface area contributed by atoms with Crippen molar-refractivity contribution in [2.24, 2.45) is 0 Å². The number of nitrogens with zero attached hydrogens (tertiary/aromatic N) is 3. The van der Waals surface area contributed by atoms with Gasteiger partial charge in [-0.05, 0) is 31.9 Å². The van der Waals surface area contributed by atoms with Crippen molar-refractivity contribution in [2.45, 2.75) is 25.9 Å². The van der Waals surface area contributed by atoms with E-state index in [2.05, 4.69) is 20.9 Å². The van der Waals surface area contributed by atoms with Crippen molar-refractivity contribution in [3.05, 3.63) is 42.5 Å². The molecule has 110 valence electrons. The maximum absolute atomic E-state index is 9.39. The fraction of sp³-hybridized carbons (Fsp3) is 0.375. The van der Waals surface area contributed by atoms with E-state index in [-0.39, 0.29) is 0 Å². The monoisotopic (exact) mass is 285 g/mol. The third kappa shape index (κ3) is 3.31. The summed E-state index contributed by atoms with van der Waals surface area (Å²) in [6.45, 7) is 3.85. The van der Waals surface area contributed by atoms with Gasteiger partial charge in [-0.2, -0.15) is 0 Å². The Morgan fingerprint density at radius 3 is 2.52 bits per heavy atom. The van der Waals surface area contributed by atoms with E-state index in [9.17, 15) is 5.11 Å². The molecule has 1 N–H and O–H groups in total. The first-order chi connectivity index (χ1) is 10.2. The van der Waals surface area contributed by atoms with E-state index in [1.165, 1.54) is 18.5 Å². The van der Waals surface area contributed by atoms with Crippen molar-refractivity contribution in [3.8, 4) is 11.5 Å². The standard InChI is InChI=1S/C16H19N3O2/c1-12(20)16-17-10-15(11-18-16)21-14-6-4-5-13(9-14)19-7-2-3-8-19/h4-6,9-12,20H,2-3,7-8H2,1H3. The summed E-state index contributed by atoms with van der Waals surface area (Å²) < 4.78 is 5.78. The Kier molecular flexibility index (Phi) is 4.01. The lowest BCUT2D eigenvalue weighted by Crippen LogP contribution is -2.17. The summed E-state index contributed by atoms with van der Waals surface area (Å²) in [6, 6.07) is 8.05. The second-order valence-electron chi connectivity index (χ2n) is 5.25. The molecule has 0 aliphatic carbocycles. The molecule has 1 aliphatic heterocycles. The van der Waals surface area contributed by atoms with Gasteiger partial charge >= 0.3 is 0 Å². The fourth-order valence-corrected chi connectivity index (χ4v) is 2.45. The first-order valence-electron chi connectivity index (χ1n) is 7.25. The van der Waals surface area contributed by atoms with Crippen LogP contribution in [0.2, 0.25) is 0 Å². The highest BCUT2D eigenvalue weighted by Crippen LogP contribution is 2.27. The van der Waals surface area contributed by atoms with Crippen LogP contribution in [0, 0.1) is 0 Å². The lowest BCUT2D eigenvalue weighted by atomic mass is 10.3. The van der Waals surface area contributed by atoms with Crippen LogP contribution >= 0.6 is 0 Å². The molecule has 1 saturated heterocycles. The molecule has 5 nitrogen and oxygen atoms in total. The van der Waals surface area contributed by atoms with Crippen LogP contribution in [0.3, 0.4) is 0 Å². The van der Waals surface area contributed by atoms with Crippen molar-refractivity contribution in [1.29, 1.82) is 0 Å². The van der Waals surface area contributed by atoms with Crippen LogP contribution in [0.5, 0.6) is 11.5 Å². The molecule has 5 heteroatoms. The molecule has 3 rings (SSSR count). The average molecular weight is 285 g/mol. The van der Waals surface area contributed by atoms with Gasteiger partial charge in [-0.1, -0.05) is 6.07 Å². The van der Waals surface area contributed by atoms with Gasteiger partial charge in [0.2, 0.25) is 0 Å². The van der Waals surface area contributed by atoms with Gasteiger partial charge in [0.25, 0.3) is 0 Å². The van der Waals surface area contributed by atoms with Gasteiger partial charge in [0.1, 0.15) is 11.9 Å². The number of aliphatic hydroxyl groups is 1. The highest BCUT2D eigenvalue weighted by Gasteiger charge is 2.13. The van der Waals surface area contributed by atoms with E-state index >= 15 is 0 Å². The highest BCUT2D eigenvalue weighted by molar-refractivity contribution is 5.51. The summed E-state index contributed by atoms with van der Waals surface area (Å²) in [5.41, 5.74) is 1.19. The smallest absolute Gasteiger partial charge is 0.164 e. The van der Waals surface area contributed by atoms with Crippen LogP contribution in [0.1, 0.15) is 31.7 Å². The van der Waals surface area contributed by atoms with Gasteiger partial charge in [0.05, 0.1) is 12.4 Å². The summed E-state index contributed by atoms with van der Waals surface area (Å²) in [5, 5.41) is 9.39. The van der Waals surface area contributed by atoms with E-state index in [4.69, 9.17) is 4.74 Å². The number of aromatic nitrogens is 2. The zero-order valence-electron chi connectivity index (χ0n) is 12.1. The van der Waals surface area contributed by atoms with E-state index in [1.54, 1.807) is 19.3 Å². The first kappa shape index (κ1) is 13.8. The minimum absolute atomic E-state index is 0.396. The largest absolute Gasteiger partial charge is 0.454 e. The molecular formula is C16H19N3O2. The predicted octanol–water partition coefficient (Wildman–Crippen LogP) is 2.92. The molecular weight excluding hydrogens is 266 g/mol. The molecule has 1 aromatic carbocycles. The summed E-state index contributed by atoms with van der Waals surface area (Å²) in [6.07, 6.45) is 4.99. The number of hydrogen-bond acceptors (Lipinski definition) is 5. The Morgan fingerprint density at radius 1 is 1.14 bits per heavy atom. The zero-order chi connectivity index (χ0) is 14.7. The number of hydrogen-bond donors (Lipinski definition) is 1. The lowest BCUT2D eigenvalue weighted by Gasteiger charge is -2.18. The van der Waals surface area contributed by atoms with Gasteiger partial charge < -0.3 is 14.7 Å². The Balaban J connectivity index is 1.73. The van der Waals surface area contributed by atoms with Gasteiger partial charge in [-0.3, -0.25) is 0 Å². The van der Waals surface area contributed by atoms with Crippen molar-refractivity contribution < 1.29 is 9.84 Å². The third-order valence-electron chi connectivity index (χ3n) is 3.55. The first-order valence-corrected chi connectivity index (χ1v) is 7.25. The van der Waals surface area contributed by atoms with E-state index in [1.807, 2.05) is 18.2 Å². The molecule has 2 heterocycles. The third-order valence-corrected chi connectivity index (χ3v) is 3.55. The molecule has 0 radical (unpaired) electrons. The maximum Gasteiger partial charge on any atom is 0.164 e. The van der Waals surface area contributed by atoms with Crippen LogP contribution in [-0.4, -0.2) is 28.2 Å². The maximum atomic E-state index is 9.39. The molecule has 1 unspecified atom stereocenters. The predicted molar refractivity (Wildman–Crippen MR) is 80.6 cm³/mol. The molecule has 1 aliphatic rings. The second kappa shape index (κ2) is 6.10. The van der Waals surface area contributed by atoms with Gasteiger partial charge in [0, 0.05) is 24.8 Å². The van der Waals surface area contributed by atoms with Crippen LogP contribution in [-0.2, 0) is 0 Å². The van der Waals surface area contributed by atoms with Crippen molar-refractivity contribution >= 4 is 5.69 Å². The van der Waals surface area contributed by atoms with E-state index in [0.717, 1.165) is 18.8 Å². The number of rotatable bonds is 4. The Morgan fingerprint density at radius 2 is 1.86 bits per heavy atom. The molecule has 0 saturated carbocycles. The fourth-order valence-electron chi connectivity index (χ4n) is 2.45.